The topological polar surface area (TPSA) is 143 Å². The molecule has 1 amide bonds. The second-order valence-electron chi connectivity index (χ2n) is 8.18. The smallest absolute Gasteiger partial charge is 0.270 e. The Bertz CT molecular complexity index is 1480. The van der Waals surface area contributed by atoms with E-state index in [1.807, 2.05) is 23.1 Å². The number of para-hydroxylation sites is 2. The van der Waals surface area contributed by atoms with E-state index in [1.165, 1.54) is 18.2 Å². The number of aromatic nitrogens is 1. The van der Waals surface area contributed by atoms with Gasteiger partial charge in [-0.05, 0) is 42.5 Å². The maximum Gasteiger partial charge on any atom is 0.270 e. The number of benzene rings is 3. The van der Waals surface area contributed by atoms with Crippen molar-refractivity contribution in [1.82, 2.24) is 10.3 Å². The number of nitrogens with one attached hydrogen (secondary N) is 2. The summed E-state index contributed by atoms with van der Waals surface area (Å²) < 4.78 is 11.1. The number of oxazole rings is 1. The molecular formula is C25H21N5O6S. The fourth-order valence-corrected chi connectivity index (χ4v) is 4.22. The molecule has 188 valence electrons. The number of morpholine rings is 1. The summed E-state index contributed by atoms with van der Waals surface area (Å²) in [5.74, 6) is -0.434. The lowest BCUT2D eigenvalue weighted by atomic mass is 10.1. The highest BCUT2D eigenvalue weighted by molar-refractivity contribution is 7.80. The van der Waals surface area contributed by atoms with E-state index >= 15 is 0 Å². The van der Waals surface area contributed by atoms with Gasteiger partial charge in [-0.3, -0.25) is 20.2 Å². The van der Waals surface area contributed by atoms with Gasteiger partial charge in [0.1, 0.15) is 11.3 Å². The number of hydrogen-bond acceptors (Lipinski definition) is 9. The molecule has 3 N–H and O–H groups in total. The molecule has 1 fully saturated rings. The molecule has 0 aliphatic carbocycles. The van der Waals surface area contributed by atoms with Crippen LogP contribution >= 0.6 is 12.2 Å². The van der Waals surface area contributed by atoms with Crippen LogP contribution in [0.15, 0.2) is 65.1 Å². The third kappa shape index (κ3) is 5.20. The molecule has 0 spiro atoms. The van der Waals surface area contributed by atoms with Crippen LogP contribution in [0.4, 0.5) is 17.1 Å². The van der Waals surface area contributed by atoms with Gasteiger partial charge in [0.15, 0.2) is 10.7 Å². The van der Waals surface area contributed by atoms with Crippen LogP contribution in [-0.4, -0.2) is 52.3 Å². The average molecular weight is 520 g/mol. The van der Waals surface area contributed by atoms with Gasteiger partial charge in [-0.2, -0.15) is 0 Å². The minimum absolute atomic E-state index is 0.0431. The number of ether oxygens (including phenoxy) is 1. The van der Waals surface area contributed by atoms with Crippen molar-refractivity contribution in [1.29, 1.82) is 0 Å². The Morgan fingerprint density at radius 1 is 1.11 bits per heavy atom. The van der Waals surface area contributed by atoms with Crippen molar-refractivity contribution >= 4 is 51.4 Å². The summed E-state index contributed by atoms with van der Waals surface area (Å²) in [6.07, 6.45) is 0. The minimum Gasteiger partial charge on any atom is -0.507 e. The third-order valence-electron chi connectivity index (χ3n) is 5.79. The molecule has 3 aromatic carbocycles. The zero-order valence-corrected chi connectivity index (χ0v) is 20.2. The monoisotopic (exact) mass is 519 g/mol. The van der Waals surface area contributed by atoms with Gasteiger partial charge < -0.3 is 24.5 Å². The molecule has 1 aromatic heterocycles. The molecule has 0 saturated carbocycles. The van der Waals surface area contributed by atoms with Gasteiger partial charge >= 0.3 is 0 Å². The first-order valence-electron chi connectivity index (χ1n) is 11.3. The molecular weight excluding hydrogens is 498 g/mol. The number of thiocarbonyl (C=S) groups is 1. The first-order valence-corrected chi connectivity index (χ1v) is 11.7. The van der Waals surface area contributed by atoms with Crippen molar-refractivity contribution in [2.45, 2.75) is 0 Å². The van der Waals surface area contributed by atoms with Crippen LogP contribution in [-0.2, 0) is 4.74 Å². The van der Waals surface area contributed by atoms with E-state index in [-0.39, 0.29) is 28.0 Å². The van der Waals surface area contributed by atoms with Crippen LogP contribution in [0.1, 0.15) is 10.4 Å². The Morgan fingerprint density at radius 3 is 2.62 bits per heavy atom. The Labute approximate surface area is 215 Å². The van der Waals surface area contributed by atoms with Gasteiger partial charge in [0.05, 0.1) is 35.0 Å². The van der Waals surface area contributed by atoms with Gasteiger partial charge in [0.25, 0.3) is 11.6 Å². The van der Waals surface area contributed by atoms with Gasteiger partial charge in [0.2, 0.25) is 5.89 Å². The van der Waals surface area contributed by atoms with E-state index in [9.17, 15) is 20.0 Å². The van der Waals surface area contributed by atoms with Crippen LogP contribution in [0.3, 0.4) is 0 Å². The lowest BCUT2D eigenvalue weighted by Crippen LogP contribution is -2.39. The fraction of sp³-hybridized carbons (Fsp3) is 0.160. The predicted octanol–water partition coefficient (Wildman–Crippen LogP) is 4.07. The quantitative estimate of drug-likeness (QED) is 0.201. The Hall–Kier alpha value is -4.55. The molecule has 11 nitrogen and oxygen atoms in total. The van der Waals surface area contributed by atoms with Crippen molar-refractivity contribution in [2.24, 2.45) is 0 Å². The summed E-state index contributed by atoms with van der Waals surface area (Å²) >= 11 is 5.29. The maximum absolute atomic E-state index is 13.1. The lowest BCUT2D eigenvalue weighted by Gasteiger charge is -2.30. The van der Waals surface area contributed by atoms with Crippen LogP contribution < -0.4 is 15.5 Å². The molecule has 0 atom stereocenters. The summed E-state index contributed by atoms with van der Waals surface area (Å²) in [5, 5.41) is 27.2. The van der Waals surface area contributed by atoms with E-state index in [0.717, 1.165) is 0 Å². The highest BCUT2D eigenvalue weighted by Crippen LogP contribution is 2.33. The summed E-state index contributed by atoms with van der Waals surface area (Å²) in [6, 6.07) is 16.1. The number of rotatable bonds is 5. The number of aromatic hydroxyl groups is 1. The number of phenolic OH excluding ortho intramolecular Hbond substituents is 1. The Balaban J connectivity index is 1.32. The molecule has 2 heterocycles. The van der Waals surface area contributed by atoms with E-state index < -0.39 is 10.8 Å². The highest BCUT2D eigenvalue weighted by atomic mass is 32.1. The standard InChI is InChI=1S/C25H21N5O6S/c31-21-13-15(5-7-17(21)24-27-19-3-1-2-4-22(19)36-24)26-25(37)28-23(32)18-14-16(30(33)34)6-8-20(18)29-9-11-35-12-10-29/h1-8,13-14,31H,9-12H2,(H2,26,28,32,37). The van der Waals surface area contributed by atoms with Crippen LogP contribution in [0.2, 0.25) is 0 Å². The number of nitro benzene ring substituents is 1. The average Bonchev–Trinajstić information content (AvgIpc) is 3.32. The molecule has 37 heavy (non-hydrogen) atoms. The predicted molar refractivity (Wildman–Crippen MR) is 141 cm³/mol. The van der Waals surface area contributed by atoms with Crippen molar-refractivity contribution in [3.8, 4) is 17.2 Å². The zero-order valence-electron chi connectivity index (χ0n) is 19.3. The normalized spacial score (nSPS) is 13.4. The van der Waals surface area contributed by atoms with Crippen molar-refractivity contribution in [3.05, 3.63) is 76.3 Å². The van der Waals surface area contributed by atoms with Gasteiger partial charge in [-0.15, -0.1) is 0 Å². The molecule has 1 aliphatic rings. The largest absolute Gasteiger partial charge is 0.507 e. The third-order valence-corrected chi connectivity index (χ3v) is 6.00. The molecule has 12 heteroatoms. The number of phenols is 1. The number of anilines is 2. The maximum atomic E-state index is 13.1. The number of fused-ring (bicyclic) bond motifs is 1. The van der Waals surface area contributed by atoms with Crippen molar-refractivity contribution in [3.63, 3.8) is 0 Å². The number of amides is 1. The molecule has 0 radical (unpaired) electrons. The van der Waals surface area contributed by atoms with Gasteiger partial charge in [-0.25, -0.2) is 4.98 Å². The number of non-ortho nitro benzene ring substituents is 1. The highest BCUT2D eigenvalue weighted by Gasteiger charge is 2.23. The summed E-state index contributed by atoms with van der Waals surface area (Å²) in [7, 11) is 0. The SMILES string of the molecule is O=C(NC(=S)Nc1ccc(-c2nc3ccccc3o2)c(O)c1)c1cc([N+](=O)[O-])ccc1N1CCOCC1. The molecule has 1 saturated heterocycles. The Morgan fingerprint density at radius 2 is 1.89 bits per heavy atom. The second-order valence-corrected chi connectivity index (χ2v) is 8.59. The Kier molecular flexibility index (Phi) is 6.66. The van der Waals surface area contributed by atoms with Crippen molar-refractivity contribution in [2.75, 3.05) is 36.5 Å². The molecule has 0 unspecified atom stereocenters. The molecule has 1 aliphatic heterocycles. The number of nitro groups is 1. The van der Waals surface area contributed by atoms with Crippen molar-refractivity contribution < 1.29 is 24.0 Å². The van der Waals surface area contributed by atoms with Crippen LogP contribution in [0.25, 0.3) is 22.6 Å². The number of carbonyl (C=O) groups is 1. The number of carbonyl (C=O) groups excluding carboxylic acids is 1. The minimum atomic E-state index is -0.602. The summed E-state index contributed by atoms with van der Waals surface area (Å²) in [5.41, 5.74) is 2.53. The number of hydrogen-bond donors (Lipinski definition) is 3. The zero-order chi connectivity index (χ0) is 25.9. The van der Waals surface area contributed by atoms with Crippen LogP contribution in [0.5, 0.6) is 5.75 Å². The number of nitrogens with zero attached hydrogens (tertiary/aromatic N) is 3. The molecule has 0 bridgehead atoms. The first kappa shape index (κ1) is 24.2. The molecule has 5 rings (SSSR count). The van der Waals surface area contributed by atoms with Crippen LogP contribution in [0, 0.1) is 10.1 Å². The fourth-order valence-electron chi connectivity index (χ4n) is 4.01. The van der Waals surface area contributed by atoms with Gasteiger partial charge in [0, 0.05) is 37.0 Å². The summed E-state index contributed by atoms with van der Waals surface area (Å²) in [6.45, 7) is 2.07. The lowest BCUT2D eigenvalue weighted by molar-refractivity contribution is -0.384. The molecule has 4 aromatic rings. The van der Waals surface area contributed by atoms with Gasteiger partial charge in [-0.1, -0.05) is 12.1 Å². The summed E-state index contributed by atoms with van der Waals surface area (Å²) in [4.78, 5) is 30.2. The van der Waals surface area contributed by atoms with E-state index in [0.29, 0.717) is 54.3 Å². The van der Waals surface area contributed by atoms with E-state index in [2.05, 4.69) is 15.6 Å². The van der Waals surface area contributed by atoms with E-state index in [4.69, 9.17) is 21.4 Å². The first-order chi connectivity index (χ1) is 17.9. The second kappa shape index (κ2) is 10.2. The van der Waals surface area contributed by atoms with E-state index in [1.54, 1.807) is 24.3 Å².